The highest BCUT2D eigenvalue weighted by atomic mass is 32.2. The summed E-state index contributed by atoms with van der Waals surface area (Å²) in [5.41, 5.74) is 4.18. The summed E-state index contributed by atoms with van der Waals surface area (Å²) in [4.78, 5) is 12.9. The Hall–Kier alpha value is -3.78. The molecule has 0 fully saturated rings. The summed E-state index contributed by atoms with van der Waals surface area (Å²) in [5.74, 6) is 0. The number of rotatable bonds is 5. The van der Waals surface area contributed by atoms with Crippen molar-refractivity contribution >= 4 is 32.7 Å². The first kappa shape index (κ1) is 23.0. The van der Waals surface area contributed by atoms with Crippen LogP contribution in [0, 0.1) is 6.92 Å². The molecule has 1 aliphatic heterocycles. The summed E-state index contributed by atoms with van der Waals surface area (Å²) in [6.45, 7) is 4.14. The lowest BCUT2D eigenvalue weighted by Crippen LogP contribution is -2.36. The van der Waals surface area contributed by atoms with Gasteiger partial charge in [-0.1, -0.05) is 48.0 Å². The Kier molecular flexibility index (Phi) is 5.98. The van der Waals surface area contributed by atoms with Crippen molar-refractivity contribution in [1.29, 1.82) is 0 Å². The maximum Gasteiger partial charge on any atom is 0.407 e. The number of ether oxygens (including phenoxy) is 1. The molecule has 1 aliphatic rings. The van der Waals surface area contributed by atoms with E-state index >= 15 is 0 Å². The number of aryl methyl sites for hydroxylation is 1. The maximum atomic E-state index is 13.4. The molecule has 8 heteroatoms. The van der Waals surface area contributed by atoms with E-state index in [4.69, 9.17) is 4.74 Å². The highest BCUT2D eigenvalue weighted by Crippen LogP contribution is 2.39. The number of aromatic nitrogens is 1. The van der Waals surface area contributed by atoms with Gasteiger partial charge < -0.3 is 15.4 Å². The number of alkyl carbamates (subject to hydrolysis) is 1. The van der Waals surface area contributed by atoms with Gasteiger partial charge in [-0.2, -0.15) is 0 Å². The van der Waals surface area contributed by atoms with E-state index in [0.717, 1.165) is 27.8 Å². The monoisotopic (exact) mass is 489 g/mol. The zero-order valence-electron chi connectivity index (χ0n) is 19.6. The molecule has 2 heterocycles. The smallest absolute Gasteiger partial charge is 0.407 e. The van der Waals surface area contributed by atoms with Gasteiger partial charge in [0.1, 0.15) is 6.61 Å². The van der Waals surface area contributed by atoms with E-state index in [0.29, 0.717) is 11.9 Å². The van der Waals surface area contributed by atoms with Gasteiger partial charge in [0.05, 0.1) is 16.5 Å². The largest absolute Gasteiger partial charge is 0.445 e. The summed E-state index contributed by atoms with van der Waals surface area (Å²) in [6, 6.07) is 21.6. The molecule has 2 unspecified atom stereocenters. The van der Waals surface area contributed by atoms with E-state index in [9.17, 15) is 13.2 Å². The van der Waals surface area contributed by atoms with Gasteiger partial charge in [0.2, 0.25) is 0 Å². The predicted molar refractivity (Wildman–Crippen MR) is 136 cm³/mol. The molecule has 0 saturated heterocycles. The minimum Gasteiger partial charge on any atom is -0.445 e. The number of amides is 1. The van der Waals surface area contributed by atoms with Gasteiger partial charge in [0, 0.05) is 28.9 Å². The first-order valence-corrected chi connectivity index (χ1v) is 13.0. The lowest BCUT2D eigenvalue weighted by Gasteiger charge is -2.32. The fraction of sp³-hybridized carbons (Fsp3) is 0.222. The fourth-order valence-electron chi connectivity index (χ4n) is 4.58. The molecule has 5 rings (SSSR count). The van der Waals surface area contributed by atoms with Gasteiger partial charge in [-0.15, -0.1) is 0 Å². The zero-order valence-corrected chi connectivity index (χ0v) is 20.4. The third kappa shape index (κ3) is 4.49. The number of fused-ring (bicyclic) bond motifs is 3. The second-order valence-electron chi connectivity index (χ2n) is 8.93. The van der Waals surface area contributed by atoms with Crippen LogP contribution in [-0.4, -0.2) is 24.5 Å². The molecular weight excluding hydrogens is 462 g/mol. The van der Waals surface area contributed by atoms with Gasteiger partial charge in [0.15, 0.2) is 0 Å². The highest BCUT2D eigenvalue weighted by molar-refractivity contribution is 7.90. The van der Waals surface area contributed by atoms with Crippen LogP contribution in [0.1, 0.15) is 36.1 Å². The summed E-state index contributed by atoms with van der Waals surface area (Å²) < 4.78 is 33.5. The van der Waals surface area contributed by atoms with Crippen LogP contribution >= 0.6 is 0 Å². The van der Waals surface area contributed by atoms with Crippen LogP contribution in [0.4, 0.5) is 10.5 Å². The summed E-state index contributed by atoms with van der Waals surface area (Å²) in [7, 11) is -3.77. The van der Waals surface area contributed by atoms with Gasteiger partial charge in [-0.05, 0) is 56.2 Å². The minimum absolute atomic E-state index is 0.123. The highest BCUT2D eigenvalue weighted by Gasteiger charge is 2.30. The van der Waals surface area contributed by atoms with Crippen molar-refractivity contribution < 1.29 is 17.9 Å². The van der Waals surface area contributed by atoms with Gasteiger partial charge in [0.25, 0.3) is 10.0 Å². The SMILES string of the molecule is Cc1ccc(S(=O)(=O)n2ccc3c4c(ccc32)NC(C)CC4NC(=O)OCc2ccccc2)cc1. The molecule has 0 spiro atoms. The average Bonchev–Trinajstić information content (AvgIpc) is 3.28. The van der Waals surface area contributed by atoms with E-state index < -0.39 is 16.1 Å². The van der Waals surface area contributed by atoms with E-state index in [1.165, 1.54) is 3.97 Å². The summed E-state index contributed by atoms with van der Waals surface area (Å²) in [5, 5.41) is 7.21. The zero-order chi connectivity index (χ0) is 24.6. The quantitative estimate of drug-likeness (QED) is 0.394. The normalized spacial score (nSPS) is 17.4. The Labute approximate surface area is 204 Å². The first-order valence-electron chi connectivity index (χ1n) is 11.5. The summed E-state index contributed by atoms with van der Waals surface area (Å²) in [6.07, 6.45) is 1.70. The Morgan fingerprint density at radius 1 is 1.06 bits per heavy atom. The summed E-state index contributed by atoms with van der Waals surface area (Å²) >= 11 is 0. The number of hydrogen-bond donors (Lipinski definition) is 2. The lowest BCUT2D eigenvalue weighted by molar-refractivity contribution is 0.134. The number of carbonyl (C=O) groups excluding carboxylic acids is 1. The van der Waals surface area contributed by atoms with Crippen LogP contribution in [0.2, 0.25) is 0 Å². The molecule has 0 aliphatic carbocycles. The van der Waals surface area contributed by atoms with Crippen LogP contribution in [-0.2, 0) is 21.4 Å². The van der Waals surface area contributed by atoms with Crippen LogP contribution in [0.15, 0.2) is 83.9 Å². The second kappa shape index (κ2) is 9.11. The second-order valence-corrected chi connectivity index (χ2v) is 10.7. The Bertz CT molecular complexity index is 1480. The number of hydrogen-bond acceptors (Lipinski definition) is 5. The molecule has 3 aromatic carbocycles. The molecule has 2 N–H and O–H groups in total. The molecule has 0 saturated carbocycles. The standard InChI is InChI=1S/C27H27N3O4S/c1-18-8-10-21(11-9-18)35(32,33)30-15-14-22-25(30)13-12-23-26(22)24(16-19(2)28-23)29-27(31)34-17-20-6-4-3-5-7-20/h3-15,19,24,28H,16-17H2,1-2H3,(H,29,31). The van der Waals surface area contributed by atoms with Crippen molar-refractivity contribution in [2.24, 2.45) is 0 Å². The van der Waals surface area contributed by atoms with E-state index in [2.05, 4.69) is 10.6 Å². The van der Waals surface area contributed by atoms with Crippen molar-refractivity contribution in [2.75, 3.05) is 5.32 Å². The maximum absolute atomic E-state index is 13.4. The van der Waals surface area contributed by atoms with Crippen LogP contribution in [0.5, 0.6) is 0 Å². The Morgan fingerprint density at radius 2 is 1.80 bits per heavy atom. The molecule has 1 aromatic heterocycles. The predicted octanol–water partition coefficient (Wildman–Crippen LogP) is 5.36. The minimum atomic E-state index is -3.77. The molecular formula is C27H27N3O4S. The number of nitrogens with one attached hydrogen (secondary N) is 2. The first-order chi connectivity index (χ1) is 16.8. The van der Waals surface area contributed by atoms with E-state index in [1.54, 1.807) is 42.6 Å². The van der Waals surface area contributed by atoms with Crippen molar-refractivity contribution in [2.45, 2.75) is 43.9 Å². The van der Waals surface area contributed by atoms with E-state index in [1.807, 2.05) is 50.2 Å². The van der Waals surface area contributed by atoms with Crippen molar-refractivity contribution in [1.82, 2.24) is 9.29 Å². The van der Waals surface area contributed by atoms with Crippen molar-refractivity contribution in [3.63, 3.8) is 0 Å². The van der Waals surface area contributed by atoms with Gasteiger partial charge in [-0.3, -0.25) is 0 Å². The van der Waals surface area contributed by atoms with Crippen molar-refractivity contribution in [3.05, 3.63) is 95.7 Å². The molecule has 7 nitrogen and oxygen atoms in total. The Balaban J connectivity index is 1.47. The molecule has 2 atom stereocenters. The molecule has 4 aromatic rings. The number of nitrogens with zero attached hydrogens (tertiary/aromatic N) is 1. The number of carbonyl (C=O) groups is 1. The third-order valence-electron chi connectivity index (χ3n) is 6.30. The molecule has 180 valence electrons. The van der Waals surface area contributed by atoms with Gasteiger partial charge in [-0.25, -0.2) is 17.2 Å². The number of benzene rings is 3. The molecule has 1 amide bonds. The fourth-order valence-corrected chi connectivity index (χ4v) is 5.93. The Morgan fingerprint density at radius 3 is 2.54 bits per heavy atom. The average molecular weight is 490 g/mol. The topological polar surface area (TPSA) is 89.4 Å². The van der Waals surface area contributed by atoms with Crippen LogP contribution in [0.25, 0.3) is 10.9 Å². The number of anilines is 1. The lowest BCUT2D eigenvalue weighted by atomic mass is 9.91. The van der Waals surface area contributed by atoms with Crippen LogP contribution in [0.3, 0.4) is 0 Å². The molecule has 0 bridgehead atoms. The third-order valence-corrected chi connectivity index (χ3v) is 8.00. The van der Waals surface area contributed by atoms with Gasteiger partial charge >= 0.3 is 6.09 Å². The van der Waals surface area contributed by atoms with Crippen LogP contribution < -0.4 is 10.6 Å². The molecule has 0 radical (unpaired) electrons. The van der Waals surface area contributed by atoms with E-state index in [-0.39, 0.29) is 23.6 Å². The van der Waals surface area contributed by atoms with Crippen molar-refractivity contribution in [3.8, 4) is 0 Å². The molecule has 35 heavy (non-hydrogen) atoms.